The Morgan fingerprint density at radius 2 is 2.00 bits per heavy atom. The van der Waals surface area contributed by atoms with Crippen molar-refractivity contribution in [2.75, 3.05) is 0 Å². The van der Waals surface area contributed by atoms with E-state index in [1.165, 1.54) is 0 Å². The Labute approximate surface area is 159 Å². The summed E-state index contributed by atoms with van der Waals surface area (Å²) in [4.78, 5) is 19.1. The fourth-order valence-electron chi connectivity index (χ4n) is 4.31. The second kappa shape index (κ2) is 7.67. The number of fused-ring (bicyclic) bond motifs is 2. The summed E-state index contributed by atoms with van der Waals surface area (Å²) < 4.78 is 6.09. The number of aryl methyl sites for hydroxylation is 1. The van der Waals surface area contributed by atoms with Crippen molar-refractivity contribution in [2.24, 2.45) is 0 Å². The summed E-state index contributed by atoms with van der Waals surface area (Å²) >= 11 is 6.03. The summed E-state index contributed by atoms with van der Waals surface area (Å²) in [6.07, 6.45) is 8.95. The molecule has 1 amide bonds. The van der Waals surface area contributed by atoms with Crippen LogP contribution in [-0.4, -0.2) is 34.0 Å². The summed E-state index contributed by atoms with van der Waals surface area (Å²) in [5, 5.41) is 0.725. The van der Waals surface area contributed by atoms with Crippen LogP contribution in [0, 0.1) is 0 Å². The highest BCUT2D eigenvalue weighted by molar-refractivity contribution is 6.30. The lowest BCUT2D eigenvalue weighted by atomic mass is 9.98. The fourth-order valence-corrected chi connectivity index (χ4v) is 4.53. The number of hydrogen-bond donors (Lipinski definition) is 0. The normalized spacial score (nSPS) is 24.5. The van der Waals surface area contributed by atoms with Crippen molar-refractivity contribution >= 4 is 17.5 Å². The number of piperidine rings is 1. The van der Waals surface area contributed by atoms with Gasteiger partial charge in [-0.1, -0.05) is 23.7 Å². The van der Waals surface area contributed by atoms with Gasteiger partial charge in [-0.05, 0) is 49.1 Å². The molecule has 0 spiro atoms. The molecule has 2 saturated heterocycles. The third-order valence-corrected chi connectivity index (χ3v) is 5.67. The second-order valence-electron chi connectivity index (χ2n) is 7.22. The average Bonchev–Trinajstić information content (AvgIpc) is 2.92. The van der Waals surface area contributed by atoms with Crippen LogP contribution in [0.15, 0.2) is 48.8 Å². The highest BCUT2D eigenvalue weighted by Gasteiger charge is 2.43. The average molecular weight is 371 g/mol. The van der Waals surface area contributed by atoms with E-state index in [1.54, 1.807) is 12.4 Å². The van der Waals surface area contributed by atoms with E-state index < -0.39 is 0 Å². The number of carbonyl (C=O) groups is 1. The number of benzene rings is 1. The molecule has 2 bridgehead atoms. The summed E-state index contributed by atoms with van der Waals surface area (Å²) in [5.74, 6) is 1.08. The molecule has 0 aliphatic carbocycles. The molecule has 0 N–H and O–H groups in total. The van der Waals surface area contributed by atoms with Gasteiger partial charge in [0.25, 0.3) is 0 Å². The van der Waals surface area contributed by atoms with E-state index in [2.05, 4.69) is 9.88 Å². The SMILES string of the molecule is O=C(CCc1cccc(Cl)c1)N1C2CCC1CC(Oc1cccnc1)C2. The van der Waals surface area contributed by atoms with E-state index in [0.29, 0.717) is 18.5 Å². The fraction of sp³-hybridized carbons (Fsp3) is 0.429. The molecule has 3 heterocycles. The Kier molecular flexibility index (Phi) is 5.11. The van der Waals surface area contributed by atoms with Crippen LogP contribution >= 0.6 is 11.6 Å². The molecule has 0 radical (unpaired) electrons. The first-order valence-corrected chi connectivity index (χ1v) is 9.69. The topological polar surface area (TPSA) is 42.4 Å². The Morgan fingerprint density at radius 3 is 2.69 bits per heavy atom. The lowest BCUT2D eigenvalue weighted by Crippen LogP contribution is -2.49. The smallest absolute Gasteiger partial charge is 0.223 e. The van der Waals surface area contributed by atoms with Crippen molar-refractivity contribution in [3.05, 3.63) is 59.4 Å². The second-order valence-corrected chi connectivity index (χ2v) is 7.65. The zero-order valence-electron chi connectivity index (χ0n) is 14.7. The molecule has 0 saturated carbocycles. The van der Waals surface area contributed by atoms with Gasteiger partial charge in [-0.15, -0.1) is 0 Å². The minimum atomic E-state index is 0.175. The van der Waals surface area contributed by atoms with E-state index in [-0.39, 0.29) is 12.0 Å². The van der Waals surface area contributed by atoms with Crippen LogP contribution in [0.1, 0.15) is 37.7 Å². The van der Waals surface area contributed by atoms with Crippen molar-refractivity contribution in [3.63, 3.8) is 0 Å². The van der Waals surface area contributed by atoms with Gasteiger partial charge in [0.2, 0.25) is 5.91 Å². The van der Waals surface area contributed by atoms with Gasteiger partial charge < -0.3 is 9.64 Å². The van der Waals surface area contributed by atoms with E-state index >= 15 is 0 Å². The number of hydrogen-bond acceptors (Lipinski definition) is 3. The molecule has 1 aromatic carbocycles. The number of nitrogens with zero attached hydrogens (tertiary/aromatic N) is 2. The first-order chi connectivity index (χ1) is 12.7. The van der Waals surface area contributed by atoms with Crippen LogP contribution in [0.5, 0.6) is 5.75 Å². The van der Waals surface area contributed by atoms with Gasteiger partial charge in [0.1, 0.15) is 11.9 Å². The van der Waals surface area contributed by atoms with Crippen LogP contribution in [-0.2, 0) is 11.2 Å². The number of ether oxygens (including phenoxy) is 1. The number of carbonyl (C=O) groups excluding carboxylic acids is 1. The van der Waals surface area contributed by atoms with Crippen molar-refractivity contribution in [2.45, 2.75) is 56.7 Å². The predicted octanol–water partition coefficient (Wildman–Crippen LogP) is 4.27. The van der Waals surface area contributed by atoms with Crippen LogP contribution in [0.4, 0.5) is 0 Å². The molecule has 2 aliphatic rings. The Morgan fingerprint density at radius 1 is 1.19 bits per heavy atom. The Balaban J connectivity index is 1.34. The monoisotopic (exact) mass is 370 g/mol. The summed E-state index contributed by atoms with van der Waals surface area (Å²) in [5.41, 5.74) is 1.12. The number of rotatable bonds is 5. The van der Waals surface area contributed by atoms with Gasteiger partial charge in [-0.2, -0.15) is 0 Å². The molecule has 26 heavy (non-hydrogen) atoms. The van der Waals surface area contributed by atoms with Crippen molar-refractivity contribution in [1.29, 1.82) is 0 Å². The maximum Gasteiger partial charge on any atom is 0.223 e. The first kappa shape index (κ1) is 17.3. The first-order valence-electron chi connectivity index (χ1n) is 9.31. The Bertz CT molecular complexity index is 754. The third-order valence-electron chi connectivity index (χ3n) is 5.43. The molecule has 2 unspecified atom stereocenters. The molecule has 2 fully saturated rings. The van der Waals surface area contributed by atoms with Gasteiger partial charge in [-0.25, -0.2) is 0 Å². The van der Waals surface area contributed by atoms with Crippen LogP contribution in [0.3, 0.4) is 0 Å². The minimum absolute atomic E-state index is 0.175. The minimum Gasteiger partial charge on any atom is -0.489 e. The zero-order valence-corrected chi connectivity index (χ0v) is 15.4. The summed E-state index contributed by atoms with van der Waals surface area (Å²) in [6.45, 7) is 0. The van der Waals surface area contributed by atoms with Crippen molar-refractivity contribution in [3.8, 4) is 5.75 Å². The standard InChI is InChI=1S/C21H23ClN2O2/c22-16-4-1-3-15(11-16)6-9-21(25)24-17-7-8-18(24)13-20(12-17)26-19-5-2-10-23-14-19/h1-5,10-11,14,17-18,20H,6-9,12-13H2. The molecular weight excluding hydrogens is 348 g/mol. The molecule has 1 aromatic heterocycles. The molecule has 4 nitrogen and oxygen atoms in total. The molecule has 5 heteroatoms. The molecular formula is C21H23ClN2O2. The maximum atomic E-state index is 12.8. The summed E-state index contributed by atoms with van der Waals surface area (Å²) in [6, 6.07) is 12.2. The van der Waals surface area contributed by atoms with Gasteiger partial charge in [-0.3, -0.25) is 9.78 Å². The van der Waals surface area contributed by atoms with E-state index in [9.17, 15) is 4.79 Å². The van der Waals surface area contributed by atoms with E-state index in [0.717, 1.165) is 48.4 Å². The van der Waals surface area contributed by atoms with Crippen molar-refractivity contribution < 1.29 is 9.53 Å². The highest BCUT2D eigenvalue weighted by atomic mass is 35.5. The lowest BCUT2D eigenvalue weighted by Gasteiger charge is -2.39. The van der Waals surface area contributed by atoms with Gasteiger partial charge in [0.15, 0.2) is 0 Å². The van der Waals surface area contributed by atoms with Crippen molar-refractivity contribution in [1.82, 2.24) is 9.88 Å². The molecule has 2 aliphatic heterocycles. The Hall–Kier alpha value is -2.07. The zero-order chi connectivity index (χ0) is 17.9. The highest BCUT2D eigenvalue weighted by Crippen LogP contribution is 2.37. The largest absolute Gasteiger partial charge is 0.489 e. The van der Waals surface area contributed by atoms with Gasteiger partial charge in [0.05, 0.1) is 6.20 Å². The number of halogens is 1. The molecule has 2 aromatic rings. The van der Waals surface area contributed by atoms with E-state index in [1.807, 2.05) is 36.4 Å². The number of pyridine rings is 1. The van der Waals surface area contributed by atoms with Crippen LogP contribution < -0.4 is 4.74 Å². The maximum absolute atomic E-state index is 12.8. The molecule has 4 rings (SSSR count). The molecule has 136 valence electrons. The van der Waals surface area contributed by atoms with E-state index in [4.69, 9.17) is 16.3 Å². The number of aromatic nitrogens is 1. The van der Waals surface area contributed by atoms with Crippen LogP contribution in [0.2, 0.25) is 5.02 Å². The molecule has 2 atom stereocenters. The van der Waals surface area contributed by atoms with Gasteiger partial charge in [0, 0.05) is 42.6 Å². The van der Waals surface area contributed by atoms with Gasteiger partial charge >= 0.3 is 0 Å². The third kappa shape index (κ3) is 3.85. The van der Waals surface area contributed by atoms with Crippen LogP contribution in [0.25, 0.3) is 0 Å². The quantitative estimate of drug-likeness (QED) is 0.789. The lowest BCUT2D eigenvalue weighted by molar-refractivity contribution is -0.137. The predicted molar refractivity (Wildman–Crippen MR) is 101 cm³/mol. The summed E-state index contributed by atoms with van der Waals surface area (Å²) in [7, 11) is 0. The number of amides is 1.